The minimum atomic E-state index is 0. The Morgan fingerprint density at radius 1 is 1.11 bits per heavy atom. The lowest BCUT2D eigenvalue weighted by Gasteiger charge is -1.93. The molecule has 0 aliphatic carbocycles. The molecule has 0 fully saturated rings. The standard InChI is InChI=1S/C14H12N3.BrH/c15-9-5-11-17-13-7-2-1-6-12(13)16-10-4-3-8-14(16)17;/h1-4,6-8,10H,5,11H2;1H/q+1;/p-1. The fourth-order valence-corrected chi connectivity index (χ4v) is 2.27. The Bertz CT molecular complexity index is 671. The number of aromatic nitrogens is 2. The van der Waals surface area contributed by atoms with Gasteiger partial charge in [0.15, 0.2) is 11.0 Å². The second-order valence-corrected chi connectivity index (χ2v) is 3.98. The van der Waals surface area contributed by atoms with Crippen LogP contribution in [0.1, 0.15) is 6.42 Å². The molecule has 0 aliphatic rings. The van der Waals surface area contributed by atoms with E-state index in [0.29, 0.717) is 6.42 Å². The molecular formula is C14H12BrN3. The summed E-state index contributed by atoms with van der Waals surface area (Å²) >= 11 is 0. The number of nitriles is 1. The molecule has 0 N–H and O–H groups in total. The molecule has 0 aliphatic heterocycles. The number of hydrogen-bond acceptors (Lipinski definition) is 1. The minimum Gasteiger partial charge on any atom is -1.00 e. The summed E-state index contributed by atoms with van der Waals surface area (Å²) in [5.74, 6) is 0. The van der Waals surface area contributed by atoms with Gasteiger partial charge in [-0.1, -0.05) is 18.2 Å². The van der Waals surface area contributed by atoms with Crippen LogP contribution in [0.25, 0.3) is 16.7 Å². The lowest BCUT2D eigenvalue weighted by atomic mass is 10.3. The highest BCUT2D eigenvalue weighted by Crippen LogP contribution is 2.14. The molecule has 4 heteroatoms. The van der Waals surface area contributed by atoms with Gasteiger partial charge in [-0.05, 0) is 18.2 Å². The number of pyridine rings is 1. The second kappa shape index (κ2) is 5.19. The quantitative estimate of drug-likeness (QED) is 0.576. The van der Waals surface area contributed by atoms with Crippen LogP contribution in [0.3, 0.4) is 0 Å². The molecule has 0 amide bonds. The first-order valence-corrected chi connectivity index (χ1v) is 5.66. The summed E-state index contributed by atoms with van der Waals surface area (Å²) < 4.78 is 4.35. The Morgan fingerprint density at radius 3 is 2.72 bits per heavy atom. The van der Waals surface area contributed by atoms with E-state index in [0.717, 1.165) is 12.2 Å². The zero-order valence-electron chi connectivity index (χ0n) is 9.75. The summed E-state index contributed by atoms with van der Waals surface area (Å²) in [6.45, 7) is 0.734. The van der Waals surface area contributed by atoms with Crippen LogP contribution < -0.4 is 21.5 Å². The van der Waals surface area contributed by atoms with E-state index in [1.165, 1.54) is 11.0 Å². The Kier molecular flexibility index (Phi) is 3.63. The van der Waals surface area contributed by atoms with E-state index in [9.17, 15) is 0 Å². The van der Waals surface area contributed by atoms with Crippen molar-refractivity contribution in [1.29, 1.82) is 5.26 Å². The summed E-state index contributed by atoms with van der Waals surface area (Å²) in [7, 11) is 0. The Morgan fingerprint density at radius 2 is 1.89 bits per heavy atom. The molecule has 0 unspecified atom stereocenters. The van der Waals surface area contributed by atoms with Crippen LogP contribution in [0.2, 0.25) is 0 Å². The normalized spacial score (nSPS) is 10.2. The third-order valence-electron chi connectivity index (χ3n) is 2.99. The molecule has 3 rings (SSSR count). The average Bonchev–Trinajstić information content (AvgIpc) is 2.71. The van der Waals surface area contributed by atoms with Crippen molar-refractivity contribution < 1.29 is 21.5 Å². The van der Waals surface area contributed by atoms with Gasteiger partial charge in [0.05, 0.1) is 18.7 Å². The van der Waals surface area contributed by atoms with Gasteiger partial charge in [-0.2, -0.15) is 9.66 Å². The predicted octanol–water partition coefficient (Wildman–Crippen LogP) is -0.702. The molecule has 3 aromatic rings. The van der Waals surface area contributed by atoms with E-state index in [1.807, 2.05) is 24.3 Å². The molecular weight excluding hydrogens is 290 g/mol. The molecule has 3 nitrogen and oxygen atoms in total. The van der Waals surface area contributed by atoms with Gasteiger partial charge in [-0.15, -0.1) is 0 Å². The zero-order chi connectivity index (χ0) is 11.7. The first kappa shape index (κ1) is 12.6. The highest BCUT2D eigenvalue weighted by Gasteiger charge is 2.16. The summed E-state index contributed by atoms with van der Waals surface area (Å²) in [5, 5.41) is 8.74. The highest BCUT2D eigenvalue weighted by molar-refractivity contribution is 5.75. The van der Waals surface area contributed by atoms with Crippen LogP contribution >= 0.6 is 0 Å². The number of hydrogen-bond donors (Lipinski definition) is 0. The van der Waals surface area contributed by atoms with Crippen LogP contribution in [0.5, 0.6) is 0 Å². The van der Waals surface area contributed by atoms with Crippen molar-refractivity contribution in [3.8, 4) is 6.07 Å². The van der Waals surface area contributed by atoms with Crippen molar-refractivity contribution >= 4 is 16.7 Å². The van der Waals surface area contributed by atoms with Crippen molar-refractivity contribution in [1.82, 2.24) is 4.40 Å². The van der Waals surface area contributed by atoms with E-state index in [4.69, 9.17) is 5.26 Å². The number of nitrogens with zero attached hydrogens (tertiary/aromatic N) is 3. The third-order valence-corrected chi connectivity index (χ3v) is 2.99. The molecule has 0 saturated carbocycles. The lowest BCUT2D eigenvalue weighted by Crippen LogP contribution is -3.00. The van der Waals surface area contributed by atoms with Crippen LogP contribution in [-0.4, -0.2) is 4.40 Å². The first-order chi connectivity index (χ1) is 8.42. The summed E-state index contributed by atoms with van der Waals surface area (Å²) in [5.41, 5.74) is 3.49. The maximum absolute atomic E-state index is 8.74. The van der Waals surface area contributed by atoms with Gasteiger partial charge in [-0.3, -0.25) is 0 Å². The van der Waals surface area contributed by atoms with Gasteiger partial charge in [-0.25, -0.2) is 4.57 Å². The summed E-state index contributed by atoms with van der Waals surface area (Å²) in [6, 6.07) is 16.6. The number of benzene rings is 1. The van der Waals surface area contributed by atoms with Crippen LogP contribution in [0.4, 0.5) is 0 Å². The molecule has 18 heavy (non-hydrogen) atoms. The van der Waals surface area contributed by atoms with Crippen molar-refractivity contribution in [3.05, 3.63) is 48.7 Å². The molecule has 90 valence electrons. The van der Waals surface area contributed by atoms with E-state index >= 15 is 0 Å². The maximum atomic E-state index is 8.74. The monoisotopic (exact) mass is 301 g/mol. The van der Waals surface area contributed by atoms with Crippen LogP contribution in [0.15, 0.2) is 48.7 Å². The Hall–Kier alpha value is -1.86. The average molecular weight is 302 g/mol. The number of fused-ring (bicyclic) bond motifs is 3. The van der Waals surface area contributed by atoms with E-state index in [1.54, 1.807) is 0 Å². The SMILES string of the molecule is N#CCC[n+]1c2ccccc2n2ccccc21.[Br-]. The fraction of sp³-hybridized carbons (Fsp3) is 0.143. The van der Waals surface area contributed by atoms with E-state index in [2.05, 4.69) is 39.4 Å². The zero-order valence-corrected chi connectivity index (χ0v) is 11.3. The number of imidazole rings is 1. The molecule has 2 heterocycles. The Balaban J connectivity index is 0.00000120. The van der Waals surface area contributed by atoms with Crippen LogP contribution in [-0.2, 0) is 6.54 Å². The molecule has 0 radical (unpaired) electrons. The summed E-state index contributed by atoms with van der Waals surface area (Å²) in [6.07, 6.45) is 2.59. The van der Waals surface area contributed by atoms with Gasteiger partial charge in [0.25, 0.3) is 5.65 Å². The van der Waals surface area contributed by atoms with Crippen molar-refractivity contribution in [3.63, 3.8) is 0 Å². The Labute approximate surface area is 116 Å². The molecule has 2 aromatic heterocycles. The maximum Gasteiger partial charge on any atom is 0.287 e. The number of halogens is 1. The number of rotatable bonds is 2. The predicted molar refractivity (Wildman–Crippen MR) is 65.3 cm³/mol. The number of para-hydroxylation sites is 2. The highest BCUT2D eigenvalue weighted by atomic mass is 79.9. The van der Waals surface area contributed by atoms with Gasteiger partial charge < -0.3 is 17.0 Å². The second-order valence-electron chi connectivity index (χ2n) is 3.98. The van der Waals surface area contributed by atoms with Crippen molar-refractivity contribution in [2.24, 2.45) is 0 Å². The van der Waals surface area contributed by atoms with E-state index in [-0.39, 0.29) is 17.0 Å². The van der Waals surface area contributed by atoms with Crippen molar-refractivity contribution in [2.45, 2.75) is 13.0 Å². The van der Waals surface area contributed by atoms with Gasteiger partial charge in [0, 0.05) is 6.07 Å². The topological polar surface area (TPSA) is 32.1 Å². The van der Waals surface area contributed by atoms with Crippen molar-refractivity contribution in [2.75, 3.05) is 0 Å². The fourth-order valence-electron chi connectivity index (χ4n) is 2.27. The van der Waals surface area contributed by atoms with Gasteiger partial charge >= 0.3 is 0 Å². The summed E-state index contributed by atoms with van der Waals surface area (Å²) in [4.78, 5) is 0. The van der Waals surface area contributed by atoms with Crippen LogP contribution in [0, 0.1) is 11.3 Å². The molecule has 0 bridgehead atoms. The smallest absolute Gasteiger partial charge is 0.287 e. The minimum absolute atomic E-state index is 0. The molecule has 1 aromatic carbocycles. The molecule has 0 atom stereocenters. The molecule has 0 spiro atoms. The largest absolute Gasteiger partial charge is 1.00 e. The van der Waals surface area contributed by atoms with Gasteiger partial charge in [0.1, 0.15) is 6.54 Å². The number of aryl methyl sites for hydroxylation is 1. The van der Waals surface area contributed by atoms with Gasteiger partial charge in [0.2, 0.25) is 0 Å². The lowest BCUT2D eigenvalue weighted by molar-refractivity contribution is -0.644. The van der Waals surface area contributed by atoms with E-state index < -0.39 is 0 Å². The molecule has 0 saturated heterocycles. The first-order valence-electron chi connectivity index (χ1n) is 5.66. The third kappa shape index (κ3) is 1.87.